The Bertz CT molecular complexity index is 864. The molecule has 1 heterocycles. The van der Waals surface area contributed by atoms with Crippen molar-refractivity contribution in [3.05, 3.63) is 71.3 Å². The molecule has 1 aliphatic rings. The van der Waals surface area contributed by atoms with E-state index in [-0.39, 0.29) is 11.8 Å². The summed E-state index contributed by atoms with van der Waals surface area (Å²) in [6.07, 6.45) is 0.0585. The minimum Gasteiger partial charge on any atom is -0.382 e. The van der Waals surface area contributed by atoms with E-state index in [1.165, 1.54) is 0 Å². The van der Waals surface area contributed by atoms with Crippen molar-refractivity contribution < 1.29 is 14.4 Å². The van der Waals surface area contributed by atoms with Gasteiger partial charge in [0.15, 0.2) is 0 Å². The molecule has 0 spiro atoms. The van der Waals surface area contributed by atoms with E-state index in [9.17, 15) is 9.59 Å². The molecule has 0 saturated heterocycles. The number of hydrogen-bond acceptors (Lipinski definition) is 4. The second-order valence-corrected chi connectivity index (χ2v) is 6.80. The Labute approximate surface area is 165 Å². The maximum Gasteiger partial charge on any atom is 0.265 e. The van der Waals surface area contributed by atoms with Crippen molar-refractivity contribution in [2.45, 2.75) is 38.8 Å². The fourth-order valence-corrected chi connectivity index (χ4v) is 3.19. The van der Waals surface area contributed by atoms with Gasteiger partial charge in [-0.1, -0.05) is 59.8 Å². The maximum absolute atomic E-state index is 12.7. The zero-order valence-electron chi connectivity index (χ0n) is 16.1. The number of aryl methyl sites for hydroxylation is 1. The zero-order chi connectivity index (χ0) is 19.9. The number of oxime groups is 1. The summed E-state index contributed by atoms with van der Waals surface area (Å²) < 4.78 is 0. The summed E-state index contributed by atoms with van der Waals surface area (Å²) in [6, 6.07) is 16.8. The van der Waals surface area contributed by atoms with Gasteiger partial charge < -0.3 is 15.5 Å². The van der Waals surface area contributed by atoms with Gasteiger partial charge in [0.05, 0.1) is 5.71 Å². The van der Waals surface area contributed by atoms with Crippen LogP contribution in [0.3, 0.4) is 0 Å². The van der Waals surface area contributed by atoms with Crippen LogP contribution in [0.1, 0.15) is 30.0 Å². The molecule has 1 aliphatic heterocycles. The predicted molar refractivity (Wildman–Crippen MR) is 108 cm³/mol. The van der Waals surface area contributed by atoms with Gasteiger partial charge in [-0.05, 0) is 25.0 Å². The van der Waals surface area contributed by atoms with Crippen molar-refractivity contribution in [2.75, 3.05) is 6.54 Å². The van der Waals surface area contributed by atoms with Crippen LogP contribution in [0.15, 0.2) is 59.8 Å². The van der Waals surface area contributed by atoms with Crippen molar-refractivity contribution in [1.29, 1.82) is 0 Å². The van der Waals surface area contributed by atoms with Crippen LogP contribution in [0.25, 0.3) is 0 Å². The number of likely N-dealkylation sites (N-methyl/N-ethyl adjacent to an activating group) is 1. The number of carbonyl (C=O) groups is 2. The van der Waals surface area contributed by atoms with Gasteiger partial charge in [-0.2, -0.15) is 0 Å². The van der Waals surface area contributed by atoms with Gasteiger partial charge >= 0.3 is 0 Å². The first-order chi connectivity index (χ1) is 13.6. The first-order valence-electron chi connectivity index (χ1n) is 9.49. The number of nitrogens with zero attached hydrogens (tertiary/aromatic N) is 1. The molecule has 0 unspecified atom stereocenters. The molecule has 6 nitrogen and oxygen atoms in total. The Balaban J connectivity index is 1.65. The zero-order valence-corrected chi connectivity index (χ0v) is 16.1. The molecule has 0 saturated carbocycles. The number of amides is 2. The third-order valence-corrected chi connectivity index (χ3v) is 4.68. The molecule has 0 fully saturated rings. The van der Waals surface area contributed by atoms with Crippen LogP contribution in [0, 0.1) is 6.92 Å². The average Bonchev–Trinajstić information content (AvgIpc) is 3.19. The number of benzene rings is 2. The second-order valence-electron chi connectivity index (χ2n) is 6.80. The summed E-state index contributed by atoms with van der Waals surface area (Å²) in [4.78, 5) is 30.5. The fraction of sp³-hybridized carbons (Fsp3) is 0.318. The monoisotopic (exact) mass is 379 g/mol. The van der Waals surface area contributed by atoms with Crippen LogP contribution in [-0.2, 0) is 20.8 Å². The molecule has 146 valence electrons. The number of rotatable bonds is 7. The summed E-state index contributed by atoms with van der Waals surface area (Å²) in [5.41, 5.74) is 3.77. The van der Waals surface area contributed by atoms with E-state index in [0.29, 0.717) is 19.4 Å². The molecule has 2 amide bonds. The first kappa shape index (κ1) is 19.6. The topological polar surface area (TPSA) is 79.8 Å². The van der Waals surface area contributed by atoms with E-state index in [4.69, 9.17) is 4.84 Å². The van der Waals surface area contributed by atoms with Crippen LogP contribution in [-0.4, -0.2) is 36.2 Å². The van der Waals surface area contributed by atoms with Gasteiger partial charge in [-0.15, -0.1) is 0 Å². The second kappa shape index (κ2) is 9.17. The molecule has 28 heavy (non-hydrogen) atoms. The van der Waals surface area contributed by atoms with Gasteiger partial charge in [0.2, 0.25) is 12.0 Å². The Hall–Kier alpha value is -3.15. The van der Waals surface area contributed by atoms with Gasteiger partial charge in [-0.25, -0.2) is 0 Å². The van der Waals surface area contributed by atoms with Crippen LogP contribution < -0.4 is 10.6 Å². The lowest BCUT2D eigenvalue weighted by Gasteiger charge is -2.19. The Morgan fingerprint density at radius 3 is 2.57 bits per heavy atom. The molecule has 2 atom stereocenters. The Kier molecular flexibility index (Phi) is 6.42. The maximum atomic E-state index is 12.7. The molecule has 0 aliphatic carbocycles. The Morgan fingerprint density at radius 2 is 1.86 bits per heavy atom. The third kappa shape index (κ3) is 4.76. The van der Waals surface area contributed by atoms with Crippen molar-refractivity contribution in [1.82, 2.24) is 10.6 Å². The summed E-state index contributed by atoms with van der Waals surface area (Å²) in [5, 5.41) is 9.71. The lowest BCUT2D eigenvalue weighted by molar-refractivity contribution is -0.135. The largest absolute Gasteiger partial charge is 0.382 e. The third-order valence-electron chi connectivity index (χ3n) is 4.68. The van der Waals surface area contributed by atoms with Crippen LogP contribution in [0.2, 0.25) is 0 Å². The molecule has 3 rings (SSSR count). The van der Waals surface area contributed by atoms with Crippen LogP contribution in [0.4, 0.5) is 0 Å². The summed E-state index contributed by atoms with van der Waals surface area (Å²) in [5.74, 6) is -0.544. The van der Waals surface area contributed by atoms with E-state index < -0.39 is 12.1 Å². The normalized spacial score (nSPS) is 16.6. The molecule has 2 aromatic rings. The quantitative estimate of drug-likeness (QED) is 0.775. The molecule has 2 N–H and O–H groups in total. The summed E-state index contributed by atoms with van der Waals surface area (Å²) in [6.45, 7) is 4.35. The first-order valence-corrected chi connectivity index (χ1v) is 9.49. The molecular weight excluding hydrogens is 354 g/mol. The lowest BCUT2D eigenvalue weighted by Crippen LogP contribution is -2.50. The highest BCUT2D eigenvalue weighted by Crippen LogP contribution is 2.19. The van der Waals surface area contributed by atoms with Gasteiger partial charge in [0, 0.05) is 24.9 Å². The summed E-state index contributed by atoms with van der Waals surface area (Å²) >= 11 is 0. The molecule has 0 aromatic heterocycles. The fourth-order valence-electron chi connectivity index (χ4n) is 3.19. The van der Waals surface area contributed by atoms with Crippen molar-refractivity contribution in [3.63, 3.8) is 0 Å². The van der Waals surface area contributed by atoms with Gasteiger partial charge in [0.1, 0.15) is 6.04 Å². The predicted octanol–water partition coefficient (Wildman–Crippen LogP) is 2.35. The number of nitrogens with one attached hydrogen (secondary N) is 2. The SMILES string of the molecule is CCNC(=O)[C@@H](Cc1ccccc1)NC(=O)[C@H]1CC(c2ccccc2C)=NO1. The smallest absolute Gasteiger partial charge is 0.265 e. The highest BCUT2D eigenvalue weighted by Gasteiger charge is 2.32. The molecule has 6 heteroatoms. The number of carbonyl (C=O) groups excluding carboxylic acids is 2. The number of hydrogen-bond donors (Lipinski definition) is 2. The van der Waals surface area contributed by atoms with Crippen LogP contribution in [0.5, 0.6) is 0 Å². The van der Waals surface area contributed by atoms with Crippen molar-refractivity contribution >= 4 is 17.5 Å². The highest BCUT2D eigenvalue weighted by molar-refractivity contribution is 6.05. The molecule has 0 radical (unpaired) electrons. The minimum atomic E-state index is -0.734. The molecule has 0 bridgehead atoms. The van der Waals surface area contributed by atoms with Gasteiger partial charge in [0.25, 0.3) is 5.91 Å². The standard InChI is InChI=1S/C22H25N3O3/c1-3-23-21(26)19(13-16-10-5-4-6-11-16)24-22(27)20-14-18(25-28-20)17-12-8-7-9-15(17)2/h4-12,19-20H,3,13-14H2,1-2H3,(H,23,26)(H,24,27)/t19-,20-/m1/s1. The average molecular weight is 379 g/mol. The van der Waals surface area contributed by atoms with Gasteiger partial charge in [-0.3, -0.25) is 9.59 Å². The Morgan fingerprint density at radius 1 is 1.14 bits per heavy atom. The summed E-state index contributed by atoms with van der Waals surface area (Å²) in [7, 11) is 0. The highest BCUT2D eigenvalue weighted by atomic mass is 16.6. The van der Waals surface area contributed by atoms with E-state index in [0.717, 1.165) is 22.4 Å². The molecular formula is C22H25N3O3. The van der Waals surface area contributed by atoms with Crippen molar-refractivity contribution in [2.24, 2.45) is 5.16 Å². The minimum absolute atomic E-state index is 0.210. The van der Waals surface area contributed by atoms with E-state index in [2.05, 4.69) is 15.8 Å². The van der Waals surface area contributed by atoms with Crippen molar-refractivity contribution in [3.8, 4) is 0 Å². The van der Waals surface area contributed by atoms with Crippen LogP contribution >= 0.6 is 0 Å². The van der Waals surface area contributed by atoms with E-state index >= 15 is 0 Å². The van der Waals surface area contributed by atoms with E-state index in [1.54, 1.807) is 0 Å². The van der Waals surface area contributed by atoms with E-state index in [1.807, 2.05) is 68.4 Å². The lowest BCUT2D eigenvalue weighted by atomic mass is 9.99. The molecule has 2 aromatic carbocycles.